The number of hydrogen-bond acceptors (Lipinski definition) is 3. The Morgan fingerprint density at radius 2 is 2.08 bits per heavy atom. The summed E-state index contributed by atoms with van der Waals surface area (Å²) in [7, 11) is 0. The number of aliphatic imine (C=N–C) groups is 1. The van der Waals surface area contributed by atoms with E-state index in [1.54, 1.807) is 0 Å². The van der Waals surface area contributed by atoms with Gasteiger partial charge in [0, 0.05) is 18.0 Å². The van der Waals surface area contributed by atoms with Crippen molar-refractivity contribution in [2.24, 2.45) is 10.7 Å². The van der Waals surface area contributed by atoms with Crippen LogP contribution < -0.4 is 5.73 Å². The fraction of sp³-hybridized carbons (Fsp3) is 0.333. The minimum atomic E-state index is -4.35. The maximum atomic E-state index is 11.5. The molecule has 0 radical (unpaired) electrons. The SMILES string of the molecule is N/C=C(/C=O)C=NCC(F)(F)F. The predicted octanol–water partition coefficient (Wildman–Crippen LogP) is 0.661. The molecule has 0 heterocycles. The maximum Gasteiger partial charge on any atom is 0.407 e. The van der Waals surface area contributed by atoms with Crippen LogP contribution in [0.2, 0.25) is 0 Å². The second kappa shape index (κ2) is 4.53. The number of carbonyl (C=O) groups excluding carboxylic acids is 1. The largest absolute Gasteiger partial charge is 0.407 e. The van der Waals surface area contributed by atoms with Gasteiger partial charge in [-0.2, -0.15) is 13.2 Å². The van der Waals surface area contributed by atoms with Crippen molar-refractivity contribution in [3.63, 3.8) is 0 Å². The van der Waals surface area contributed by atoms with Gasteiger partial charge in [-0.1, -0.05) is 0 Å². The molecule has 6 heteroatoms. The third-order valence-corrected chi connectivity index (χ3v) is 0.839. The van der Waals surface area contributed by atoms with E-state index in [2.05, 4.69) is 4.99 Å². The number of carbonyl (C=O) groups is 1. The van der Waals surface area contributed by atoms with Crippen molar-refractivity contribution in [3.8, 4) is 0 Å². The molecule has 0 aromatic carbocycles. The van der Waals surface area contributed by atoms with Crippen LogP contribution in [0, 0.1) is 0 Å². The first-order valence-corrected chi connectivity index (χ1v) is 2.93. The van der Waals surface area contributed by atoms with Crippen molar-refractivity contribution in [2.45, 2.75) is 6.18 Å². The van der Waals surface area contributed by atoms with Gasteiger partial charge >= 0.3 is 6.18 Å². The summed E-state index contributed by atoms with van der Waals surface area (Å²) in [5.41, 5.74) is 4.78. The highest BCUT2D eigenvalue weighted by Gasteiger charge is 2.25. The van der Waals surface area contributed by atoms with Gasteiger partial charge in [0.05, 0.1) is 0 Å². The number of nitrogens with two attached hydrogens (primary N) is 1. The molecule has 12 heavy (non-hydrogen) atoms. The van der Waals surface area contributed by atoms with Crippen molar-refractivity contribution >= 4 is 12.5 Å². The van der Waals surface area contributed by atoms with E-state index in [4.69, 9.17) is 5.73 Å². The number of nitrogens with zero attached hydrogens (tertiary/aromatic N) is 1. The van der Waals surface area contributed by atoms with Gasteiger partial charge < -0.3 is 5.73 Å². The first kappa shape index (κ1) is 10.7. The Bertz CT molecular complexity index is 207. The highest BCUT2D eigenvalue weighted by molar-refractivity contribution is 6.01. The monoisotopic (exact) mass is 180 g/mol. The van der Waals surface area contributed by atoms with E-state index in [0.29, 0.717) is 6.29 Å². The second-order valence-electron chi connectivity index (χ2n) is 1.87. The number of allylic oxidation sites excluding steroid dienone is 1. The number of aldehydes is 1. The average Bonchev–Trinajstić information content (AvgIpc) is 1.96. The molecule has 68 valence electrons. The van der Waals surface area contributed by atoms with E-state index in [9.17, 15) is 18.0 Å². The van der Waals surface area contributed by atoms with Crippen LogP contribution in [0.3, 0.4) is 0 Å². The number of hydrogen-bond donors (Lipinski definition) is 1. The van der Waals surface area contributed by atoms with E-state index < -0.39 is 12.7 Å². The first-order valence-electron chi connectivity index (χ1n) is 2.93. The molecule has 0 bridgehead atoms. The average molecular weight is 180 g/mol. The third-order valence-electron chi connectivity index (χ3n) is 0.839. The smallest absolute Gasteiger partial charge is 0.404 e. The topological polar surface area (TPSA) is 55.5 Å². The van der Waals surface area contributed by atoms with Crippen LogP contribution >= 0.6 is 0 Å². The summed E-state index contributed by atoms with van der Waals surface area (Å²) in [5.74, 6) is 0. The van der Waals surface area contributed by atoms with Crippen LogP contribution in [0.5, 0.6) is 0 Å². The van der Waals surface area contributed by atoms with E-state index in [-0.39, 0.29) is 5.57 Å². The Hall–Kier alpha value is -1.33. The molecule has 0 atom stereocenters. The lowest BCUT2D eigenvalue weighted by Gasteiger charge is -1.99. The molecule has 0 unspecified atom stereocenters. The van der Waals surface area contributed by atoms with Crippen molar-refractivity contribution in [2.75, 3.05) is 6.54 Å². The maximum absolute atomic E-state index is 11.5. The molecule has 2 N–H and O–H groups in total. The summed E-state index contributed by atoms with van der Waals surface area (Å²) < 4.78 is 34.4. The third kappa shape index (κ3) is 5.45. The van der Waals surface area contributed by atoms with Gasteiger partial charge in [0.2, 0.25) is 0 Å². The molecule has 0 aliphatic heterocycles. The van der Waals surface area contributed by atoms with Crippen molar-refractivity contribution in [3.05, 3.63) is 11.8 Å². The molecular formula is C6H7F3N2O. The van der Waals surface area contributed by atoms with Crippen molar-refractivity contribution < 1.29 is 18.0 Å². The lowest BCUT2D eigenvalue weighted by molar-refractivity contribution is -0.118. The van der Waals surface area contributed by atoms with Crippen LogP contribution in [0.25, 0.3) is 0 Å². The van der Waals surface area contributed by atoms with Gasteiger partial charge in [-0.3, -0.25) is 9.79 Å². The van der Waals surface area contributed by atoms with Gasteiger partial charge in [0.25, 0.3) is 0 Å². The molecule has 0 aromatic heterocycles. The van der Waals surface area contributed by atoms with E-state index in [1.807, 2.05) is 0 Å². The summed E-state index contributed by atoms with van der Waals surface area (Å²) in [5, 5.41) is 0. The number of halogens is 3. The molecule has 0 saturated heterocycles. The minimum absolute atomic E-state index is 0.0840. The molecular weight excluding hydrogens is 173 g/mol. The number of alkyl halides is 3. The minimum Gasteiger partial charge on any atom is -0.404 e. The van der Waals surface area contributed by atoms with Crippen LogP contribution in [-0.2, 0) is 4.79 Å². The molecule has 0 fully saturated rings. The van der Waals surface area contributed by atoms with Crippen LogP contribution in [-0.4, -0.2) is 25.2 Å². The Morgan fingerprint density at radius 3 is 2.42 bits per heavy atom. The molecule has 3 nitrogen and oxygen atoms in total. The summed E-state index contributed by atoms with van der Waals surface area (Å²) in [6.07, 6.45) is -2.37. The fourth-order valence-corrected chi connectivity index (χ4v) is 0.367. The second-order valence-corrected chi connectivity index (χ2v) is 1.87. The Kier molecular flexibility index (Phi) is 4.03. The number of rotatable bonds is 3. The standard InChI is InChI=1S/C6H7F3N2O/c7-6(8,9)4-11-2-5(1-10)3-12/h1-3H,4,10H2/b5-1+,11-2?. The normalized spacial score (nSPS) is 13.8. The van der Waals surface area contributed by atoms with Gasteiger partial charge in [0.15, 0.2) is 6.29 Å². The summed E-state index contributed by atoms with van der Waals surface area (Å²) in [6.45, 7) is -1.31. The molecule has 0 rings (SSSR count). The lowest BCUT2D eigenvalue weighted by atomic mass is 10.3. The Labute approximate surface area is 66.8 Å². The highest BCUT2D eigenvalue weighted by atomic mass is 19.4. The molecule has 0 saturated carbocycles. The van der Waals surface area contributed by atoms with Gasteiger partial charge in [-0.05, 0) is 0 Å². The summed E-state index contributed by atoms with van der Waals surface area (Å²) >= 11 is 0. The van der Waals surface area contributed by atoms with Crippen molar-refractivity contribution in [1.82, 2.24) is 0 Å². The molecule has 0 amide bonds. The molecule has 0 spiro atoms. The van der Waals surface area contributed by atoms with Gasteiger partial charge in [0.1, 0.15) is 6.54 Å². The Morgan fingerprint density at radius 1 is 1.50 bits per heavy atom. The Balaban J connectivity index is 4.00. The van der Waals surface area contributed by atoms with Crippen LogP contribution in [0.15, 0.2) is 16.8 Å². The first-order chi connectivity index (χ1) is 5.49. The quantitative estimate of drug-likeness (QED) is 0.394. The molecule has 0 aliphatic rings. The van der Waals surface area contributed by atoms with Crippen molar-refractivity contribution in [1.29, 1.82) is 0 Å². The van der Waals surface area contributed by atoms with Gasteiger partial charge in [-0.25, -0.2) is 0 Å². The van der Waals surface area contributed by atoms with Gasteiger partial charge in [-0.15, -0.1) is 0 Å². The van der Waals surface area contributed by atoms with E-state index in [1.165, 1.54) is 0 Å². The highest BCUT2D eigenvalue weighted by Crippen LogP contribution is 2.13. The fourth-order valence-electron chi connectivity index (χ4n) is 0.367. The zero-order chi connectivity index (χ0) is 9.61. The predicted molar refractivity (Wildman–Crippen MR) is 37.7 cm³/mol. The molecule has 0 aromatic rings. The summed E-state index contributed by atoms with van der Waals surface area (Å²) in [6, 6.07) is 0. The van der Waals surface area contributed by atoms with Crippen LogP contribution in [0.4, 0.5) is 13.2 Å². The zero-order valence-electron chi connectivity index (χ0n) is 6.01. The summed E-state index contributed by atoms with van der Waals surface area (Å²) in [4.78, 5) is 12.9. The lowest BCUT2D eigenvalue weighted by Crippen LogP contribution is -2.12. The van der Waals surface area contributed by atoms with Crippen LogP contribution in [0.1, 0.15) is 0 Å². The molecule has 0 aliphatic carbocycles. The van der Waals surface area contributed by atoms with E-state index in [0.717, 1.165) is 12.4 Å². The zero-order valence-corrected chi connectivity index (χ0v) is 6.01. The van der Waals surface area contributed by atoms with E-state index >= 15 is 0 Å².